The Hall–Kier alpha value is -2.96. The van der Waals surface area contributed by atoms with Crippen LogP contribution in [0.4, 0.5) is 11.5 Å². The summed E-state index contributed by atoms with van der Waals surface area (Å²) in [6.45, 7) is 3.67. The quantitative estimate of drug-likeness (QED) is 0.604. The van der Waals surface area contributed by atoms with E-state index in [1.54, 1.807) is 17.9 Å². The second kappa shape index (κ2) is 7.35. The minimum Gasteiger partial charge on any atom is -0.476 e. The molecule has 1 heterocycles. The smallest absolute Gasteiger partial charge is 0.406 e. The number of hydrogen-bond acceptors (Lipinski definition) is 5. The first-order chi connectivity index (χ1) is 11.0. The molecule has 0 atom stereocenters. The molecular formula is C16H17N3O4. The average molecular weight is 315 g/mol. The van der Waals surface area contributed by atoms with Gasteiger partial charge >= 0.3 is 5.82 Å². The van der Waals surface area contributed by atoms with Gasteiger partial charge in [0.15, 0.2) is 6.61 Å². The number of ether oxygens (including phenoxy) is 1. The molecule has 0 N–H and O–H groups in total. The number of nitrogens with zero attached hydrogens (tertiary/aromatic N) is 3. The molecule has 1 aromatic heterocycles. The van der Waals surface area contributed by atoms with E-state index < -0.39 is 4.92 Å². The summed E-state index contributed by atoms with van der Waals surface area (Å²) in [4.78, 5) is 28.1. The summed E-state index contributed by atoms with van der Waals surface area (Å²) in [5, 5.41) is 11.0. The number of para-hydroxylation sites is 1. The predicted octanol–water partition coefficient (Wildman–Crippen LogP) is 2.73. The maximum atomic E-state index is 12.3. The first-order valence-corrected chi connectivity index (χ1v) is 7.13. The average Bonchev–Trinajstić information content (AvgIpc) is 2.55. The van der Waals surface area contributed by atoms with E-state index in [4.69, 9.17) is 4.74 Å². The minimum absolute atomic E-state index is 0.0157. The number of carbonyl (C=O) groups is 1. The third kappa shape index (κ3) is 4.03. The van der Waals surface area contributed by atoms with Crippen molar-refractivity contribution in [3.63, 3.8) is 0 Å². The van der Waals surface area contributed by atoms with Gasteiger partial charge in [-0.1, -0.05) is 18.2 Å². The lowest BCUT2D eigenvalue weighted by Gasteiger charge is -2.20. The number of hydrogen-bond donors (Lipinski definition) is 0. The number of aromatic nitrogens is 1. The van der Waals surface area contributed by atoms with Crippen molar-refractivity contribution in [3.8, 4) is 5.75 Å². The molecule has 0 fully saturated rings. The van der Waals surface area contributed by atoms with Crippen molar-refractivity contribution in [1.82, 2.24) is 4.98 Å². The zero-order chi connectivity index (χ0) is 16.8. The molecule has 1 amide bonds. The summed E-state index contributed by atoms with van der Waals surface area (Å²) in [5.74, 6) is -0.688. The van der Waals surface area contributed by atoms with Crippen LogP contribution in [0.3, 0.4) is 0 Å². The number of amides is 1. The van der Waals surface area contributed by atoms with Crippen LogP contribution in [0.15, 0.2) is 42.5 Å². The Morgan fingerprint density at radius 1 is 1.26 bits per heavy atom. The topological polar surface area (TPSA) is 85.6 Å². The molecule has 0 spiro atoms. The molecule has 0 saturated carbocycles. The van der Waals surface area contributed by atoms with E-state index >= 15 is 0 Å². The Balaban J connectivity index is 2.11. The summed E-state index contributed by atoms with van der Waals surface area (Å²) >= 11 is 0. The lowest BCUT2D eigenvalue weighted by molar-refractivity contribution is -0.390. The summed E-state index contributed by atoms with van der Waals surface area (Å²) < 4.78 is 5.32. The maximum absolute atomic E-state index is 12.3. The van der Waals surface area contributed by atoms with Crippen LogP contribution in [0.2, 0.25) is 0 Å². The van der Waals surface area contributed by atoms with E-state index in [-0.39, 0.29) is 24.1 Å². The zero-order valence-corrected chi connectivity index (χ0v) is 12.9. The Morgan fingerprint density at radius 2 is 1.96 bits per heavy atom. The van der Waals surface area contributed by atoms with E-state index in [1.807, 2.05) is 37.3 Å². The molecule has 1 aromatic carbocycles. The van der Waals surface area contributed by atoms with Gasteiger partial charge in [-0.05, 0) is 41.1 Å². The van der Waals surface area contributed by atoms with Crippen molar-refractivity contribution in [2.45, 2.75) is 13.8 Å². The molecule has 7 heteroatoms. The van der Waals surface area contributed by atoms with Crippen LogP contribution in [0, 0.1) is 17.0 Å². The Labute approximate surface area is 133 Å². The number of rotatable bonds is 6. The van der Waals surface area contributed by atoms with Gasteiger partial charge in [0.2, 0.25) is 5.75 Å². The van der Waals surface area contributed by atoms with Crippen molar-refractivity contribution >= 4 is 17.4 Å². The number of likely N-dealkylation sites (N-methyl/N-ethyl adjacent to an activating group) is 1. The van der Waals surface area contributed by atoms with Crippen LogP contribution in [-0.2, 0) is 4.79 Å². The highest BCUT2D eigenvalue weighted by Gasteiger charge is 2.20. The molecule has 0 aliphatic heterocycles. The molecule has 0 radical (unpaired) electrons. The number of benzene rings is 1. The van der Waals surface area contributed by atoms with Crippen LogP contribution in [0.25, 0.3) is 0 Å². The largest absolute Gasteiger partial charge is 0.476 e. The Morgan fingerprint density at radius 3 is 2.57 bits per heavy atom. The van der Waals surface area contributed by atoms with Gasteiger partial charge in [-0.3, -0.25) is 4.79 Å². The van der Waals surface area contributed by atoms with Crippen molar-refractivity contribution in [1.29, 1.82) is 0 Å². The van der Waals surface area contributed by atoms with Crippen LogP contribution >= 0.6 is 0 Å². The Bertz CT molecular complexity index is 704. The molecule has 7 nitrogen and oxygen atoms in total. The maximum Gasteiger partial charge on any atom is 0.406 e. The first-order valence-electron chi connectivity index (χ1n) is 7.13. The Kier molecular flexibility index (Phi) is 5.24. The molecular weight excluding hydrogens is 298 g/mol. The molecule has 0 unspecified atom stereocenters. The number of aryl methyl sites for hydroxylation is 1. The SMILES string of the molecule is CCN(C(=O)COc1ccc(C)nc1[N+](=O)[O-])c1ccccc1. The van der Waals surface area contributed by atoms with Crippen LogP contribution < -0.4 is 9.64 Å². The van der Waals surface area contributed by atoms with Gasteiger partial charge in [0, 0.05) is 19.2 Å². The third-order valence-corrected chi connectivity index (χ3v) is 3.19. The van der Waals surface area contributed by atoms with Gasteiger partial charge < -0.3 is 19.8 Å². The van der Waals surface area contributed by atoms with Gasteiger partial charge in [0.05, 0.1) is 0 Å². The third-order valence-electron chi connectivity index (χ3n) is 3.19. The summed E-state index contributed by atoms with van der Waals surface area (Å²) in [6.07, 6.45) is 0. The molecule has 23 heavy (non-hydrogen) atoms. The first kappa shape index (κ1) is 16.4. The van der Waals surface area contributed by atoms with Gasteiger partial charge in [-0.15, -0.1) is 0 Å². The number of anilines is 1. The second-order valence-electron chi connectivity index (χ2n) is 4.79. The summed E-state index contributed by atoms with van der Waals surface area (Å²) in [7, 11) is 0. The van der Waals surface area contributed by atoms with E-state index in [2.05, 4.69) is 4.98 Å². The molecule has 2 aromatic rings. The van der Waals surface area contributed by atoms with Gasteiger partial charge in [0.1, 0.15) is 5.69 Å². The number of pyridine rings is 1. The number of carbonyl (C=O) groups excluding carboxylic acids is 1. The highest BCUT2D eigenvalue weighted by atomic mass is 16.6. The zero-order valence-electron chi connectivity index (χ0n) is 12.9. The highest BCUT2D eigenvalue weighted by molar-refractivity contribution is 5.94. The van der Waals surface area contributed by atoms with Crippen molar-refractivity contribution < 1.29 is 14.5 Å². The molecule has 120 valence electrons. The highest BCUT2D eigenvalue weighted by Crippen LogP contribution is 2.24. The number of nitro groups is 1. The van der Waals surface area contributed by atoms with Crippen molar-refractivity contribution in [2.24, 2.45) is 0 Å². The van der Waals surface area contributed by atoms with Crippen LogP contribution in [-0.4, -0.2) is 29.0 Å². The summed E-state index contributed by atoms with van der Waals surface area (Å²) in [5.41, 5.74) is 1.26. The monoisotopic (exact) mass is 315 g/mol. The standard InChI is InChI=1S/C16H17N3O4/c1-3-18(13-7-5-4-6-8-13)15(20)11-23-14-10-9-12(2)17-16(14)19(21)22/h4-10H,3,11H2,1-2H3. The fraction of sp³-hybridized carbons (Fsp3) is 0.250. The molecule has 0 saturated heterocycles. The normalized spacial score (nSPS) is 10.2. The van der Waals surface area contributed by atoms with E-state index in [1.165, 1.54) is 6.07 Å². The van der Waals surface area contributed by atoms with Crippen LogP contribution in [0.5, 0.6) is 5.75 Å². The predicted molar refractivity (Wildman–Crippen MR) is 85.6 cm³/mol. The van der Waals surface area contributed by atoms with Crippen molar-refractivity contribution in [3.05, 3.63) is 58.3 Å². The molecule has 2 rings (SSSR count). The second-order valence-corrected chi connectivity index (χ2v) is 4.79. The van der Waals surface area contributed by atoms with E-state index in [0.29, 0.717) is 12.2 Å². The van der Waals surface area contributed by atoms with Gasteiger partial charge in [0.25, 0.3) is 5.91 Å². The van der Waals surface area contributed by atoms with Gasteiger partial charge in [-0.2, -0.15) is 0 Å². The summed E-state index contributed by atoms with van der Waals surface area (Å²) in [6, 6.07) is 12.2. The van der Waals surface area contributed by atoms with E-state index in [0.717, 1.165) is 5.69 Å². The van der Waals surface area contributed by atoms with E-state index in [9.17, 15) is 14.9 Å². The van der Waals surface area contributed by atoms with Crippen LogP contribution in [0.1, 0.15) is 12.6 Å². The minimum atomic E-state index is -0.623. The fourth-order valence-corrected chi connectivity index (χ4v) is 2.10. The van der Waals surface area contributed by atoms with Gasteiger partial charge in [-0.25, -0.2) is 0 Å². The molecule has 0 aliphatic rings. The molecule has 0 bridgehead atoms. The molecule has 0 aliphatic carbocycles. The van der Waals surface area contributed by atoms with Crippen molar-refractivity contribution in [2.75, 3.05) is 18.1 Å². The lowest BCUT2D eigenvalue weighted by Crippen LogP contribution is -2.34. The lowest BCUT2D eigenvalue weighted by atomic mass is 10.3. The fourth-order valence-electron chi connectivity index (χ4n) is 2.10.